The Kier molecular flexibility index (Phi) is 8.79. The summed E-state index contributed by atoms with van der Waals surface area (Å²) in [5.41, 5.74) is 0.345. The molecule has 2 aromatic carbocycles. The van der Waals surface area contributed by atoms with Gasteiger partial charge < -0.3 is 30.0 Å². The molecule has 12 heteroatoms. The molecule has 42 heavy (non-hydrogen) atoms. The second-order valence-electron chi connectivity index (χ2n) is 11.2. The first-order valence-corrected chi connectivity index (χ1v) is 14.1. The lowest BCUT2D eigenvalue weighted by molar-refractivity contribution is -0.143. The van der Waals surface area contributed by atoms with E-state index >= 15 is 0 Å². The number of alkyl halides is 2. The zero-order valence-corrected chi connectivity index (χ0v) is 23.0. The van der Waals surface area contributed by atoms with Gasteiger partial charge in [0.25, 0.3) is 5.91 Å². The van der Waals surface area contributed by atoms with Crippen LogP contribution in [0.5, 0.6) is 17.2 Å². The second kappa shape index (κ2) is 12.5. The standard InChI is InChI=1S/C30H33F3N2O7/c1-40-23-14-22(31)24(41-19-9-7-15(8-10-19)29(38)39)13-21(23)27(36)35-26-17-6-5-16(11-17)25(26)28(37)34-18-3-2-4-20(12-18)42-30(32)33/h2-4,12-17,19,25-26,30H,5-11H2,1H3,(H,34,37)(H,35,36)(H,38,39)/t15-,16-,17+,19+,25+,26-/m1/s1. The van der Waals surface area contributed by atoms with E-state index in [9.17, 15) is 32.7 Å². The molecule has 2 aromatic rings. The van der Waals surface area contributed by atoms with E-state index in [1.165, 1.54) is 31.4 Å². The van der Waals surface area contributed by atoms with E-state index in [4.69, 9.17) is 9.47 Å². The zero-order valence-electron chi connectivity index (χ0n) is 23.0. The first kappa shape index (κ1) is 29.5. The molecule has 3 aliphatic rings. The molecule has 0 heterocycles. The number of carbonyl (C=O) groups excluding carboxylic acids is 2. The van der Waals surface area contributed by atoms with Crippen LogP contribution in [0.15, 0.2) is 36.4 Å². The number of carbonyl (C=O) groups is 3. The molecule has 0 spiro atoms. The van der Waals surface area contributed by atoms with Gasteiger partial charge in [0, 0.05) is 23.9 Å². The van der Waals surface area contributed by atoms with Crippen LogP contribution >= 0.6 is 0 Å². The van der Waals surface area contributed by atoms with Crippen LogP contribution < -0.4 is 24.8 Å². The molecule has 9 nitrogen and oxygen atoms in total. The molecular formula is C30H33F3N2O7. The van der Waals surface area contributed by atoms with Crippen molar-refractivity contribution in [2.24, 2.45) is 23.7 Å². The summed E-state index contributed by atoms with van der Waals surface area (Å²) in [6.07, 6.45) is 3.77. The molecule has 2 bridgehead atoms. The predicted molar refractivity (Wildman–Crippen MR) is 144 cm³/mol. The van der Waals surface area contributed by atoms with Gasteiger partial charge in [0.05, 0.1) is 30.6 Å². The van der Waals surface area contributed by atoms with Crippen LogP contribution in [0.1, 0.15) is 55.3 Å². The lowest BCUT2D eigenvalue weighted by Crippen LogP contribution is -2.48. The molecule has 3 saturated carbocycles. The van der Waals surface area contributed by atoms with Gasteiger partial charge in [0.1, 0.15) is 11.5 Å². The number of ether oxygens (including phenoxy) is 3. The third-order valence-corrected chi connectivity index (χ3v) is 8.66. The van der Waals surface area contributed by atoms with Crippen molar-refractivity contribution >= 4 is 23.5 Å². The predicted octanol–water partition coefficient (Wildman–Crippen LogP) is 5.24. The molecule has 0 aromatic heterocycles. The lowest BCUT2D eigenvalue weighted by Gasteiger charge is -2.31. The minimum atomic E-state index is -3.00. The number of carboxylic acid groups (broad SMARTS) is 1. The van der Waals surface area contributed by atoms with Gasteiger partial charge >= 0.3 is 12.6 Å². The molecule has 0 saturated heterocycles. The third kappa shape index (κ3) is 6.42. The Morgan fingerprint density at radius 3 is 2.40 bits per heavy atom. The number of hydrogen-bond acceptors (Lipinski definition) is 6. The summed E-state index contributed by atoms with van der Waals surface area (Å²) in [5.74, 6) is -3.57. The number of carboxylic acids is 1. The monoisotopic (exact) mass is 590 g/mol. The van der Waals surface area contributed by atoms with Gasteiger partial charge in [-0.1, -0.05) is 6.07 Å². The van der Waals surface area contributed by atoms with Gasteiger partial charge in [-0.2, -0.15) is 8.78 Å². The average molecular weight is 591 g/mol. The van der Waals surface area contributed by atoms with Crippen molar-refractivity contribution in [1.82, 2.24) is 5.32 Å². The number of benzene rings is 2. The maximum Gasteiger partial charge on any atom is 0.387 e. The Bertz CT molecular complexity index is 1330. The fourth-order valence-corrected chi connectivity index (χ4v) is 6.66. The van der Waals surface area contributed by atoms with Crippen LogP contribution in [0, 0.1) is 29.5 Å². The highest BCUT2D eigenvalue weighted by Gasteiger charge is 2.51. The number of anilines is 1. The van der Waals surface area contributed by atoms with Crippen molar-refractivity contribution in [3.8, 4) is 17.2 Å². The molecule has 0 aliphatic heterocycles. The van der Waals surface area contributed by atoms with Crippen molar-refractivity contribution in [2.45, 2.75) is 63.7 Å². The number of aliphatic carboxylic acids is 1. The molecule has 3 fully saturated rings. The molecule has 5 rings (SSSR count). The quantitative estimate of drug-likeness (QED) is 0.346. The summed E-state index contributed by atoms with van der Waals surface area (Å²) in [6.45, 7) is -3.00. The number of amides is 2. The van der Waals surface area contributed by atoms with Gasteiger partial charge in [-0.05, 0) is 75.0 Å². The first-order chi connectivity index (χ1) is 20.1. The van der Waals surface area contributed by atoms with E-state index < -0.39 is 42.2 Å². The van der Waals surface area contributed by atoms with Gasteiger partial charge in [0.15, 0.2) is 11.6 Å². The molecule has 226 valence electrons. The largest absolute Gasteiger partial charge is 0.496 e. The highest BCUT2D eigenvalue weighted by Crippen LogP contribution is 2.49. The Hall–Kier alpha value is -3.96. The highest BCUT2D eigenvalue weighted by atomic mass is 19.3. The summed E-state index contributed by atoms with van der Waals surface area (Å²) in [4.78, 5) is 38.2. The van der Waals surface area contributed by atoms with E-state index in [1.54, 1.807) is 6.07 Å². The lowest BCUT2D eigenvalue weighted by atomic mass is 9.83. The van der Waals surface area contributed by atoms with Gasteiger partial charge in [-0.3, -0.25) is 14.4 Å². The maximum atomic E-state index is 14.9. The molecule has 3 N–H and O–H groups in total. The van der Waals surface area contributed by atoms with Gasteiger partial charge in [0.2, 0.25) is 5.91 Å². The van der Waals surface area contributed by atoms with Crippen LogP contribution in [-0.2, 0) is 9.59 Å². The van der Waals surface area contributed by atoms with Crippen molar-refractivity contribution in [3.05, 3.63) is 47.8 Å². The second-order valence-corrected chi connectivity index (χ2v) is 11.2. The van der Waals surface area contributed by atoms with Crippen LogP contribution in [0.25, 0.3) is 0 Å². The highest BCUT2D eigenvalue weighted by molar-refractivity contribution is 5.99. The maximum absolute atomic E-state index is 14.9. The summed E-state index contributed by atoms with van der Waals surface area (Å²) >= 11 is 0. The zero-order chi connectivity index (χ0) is 30.0. The summed E-state index contributed by atoms with van der Waals surface area (Å²) in [5, 5.41) is 15.0. The molecule has 0 radical (unpaired) electrons. The van der Waals surface area contributed by atoms with E-state index in [0.29, 0.717) is 31.4 Å². The topological polar surface area (TPSA) is 123 Å². The number of halogens is 3. The Morgan fingerprint density at radius 2 is 1.71 bits per heavy atom. The minimum absolute atomic E-state index is 0.00642. The summed E-state index contributed by atoms with van der Waals surface area (Å²) in [6, 6.07) is 7.58. The molecule has 0 unspecified atom stereocenters. The smallest absolute Gasteiger partial charge is 0.387 e. The van der Waals surface area contributed by atoms with Gasteiger partial charge in [-0.25, -0.2) is 4.39 Å². The Balaban J connectivity index is 1.30. The van der Waals surface area contributed by atoms with E-state index in [2.05, 4.69) is 15.4 Å². The Labute approximate surface area is 240 Å². The SMILES string of the molecule is COc1cc(F)c(O[C@H]2CC[C@@H](C(=O)O)CC2)cc1C(=O)N[C@@H]1[C@H]2CC[C@H](C2)[C@@H]1C(=O)Nc1cccc(OC(F)F)c1. The fraction of sp³-hybridized carbons (Fsp3) is 0.500. The van der Waals surface area contributed by atoms with E-state index in [0.717, 1.165) is 25.3 Å². The molecule has 3 aliphatic carbocycles. The molecular weight excluding hydrogens is 557 g/mol. The van der Waals surface area contributed by atoms with Crippen LogP contribution in [0.4, 0.5) is 18.9 Å². The van der Waals surface area contributed by atoms with Crippen molar-refractivity contribution in [2.75, 3.05) is 12.4 Å². The number of rotatable bonds is 10. The van der Waals surface area contributed by atoms with E-state index in [-0.39, 0.29) is 46.7 Å². The molecule has 2 amide bonds. The van der Waals surface area contributed by atoms with Crippen molar-refractivity contribution < 1.29 is 46.9 Å². The van der Waals surface area contributed by atoms with Crippen LogP contribution in [0.2, 0.25) is 0 Å². The van der Waals surface area contributed by atoms with Crippen LogP contribution in [0.3, 0.4) is 0 Å². The number of fused-ring (bicyclic) bond motifs is 2. The summed E-state index contributed by atoms with van der Waals surface area (Å²) in [7, 11) is 1.32. The first-order valence-electron chi connectivity index (χ1n) is 14.1. The van der Waals surface area contributed by atoms with Crippen molar-refractivity contribution in [1.29, 1.82) is 0 Å². The number of hydrogen-bond donors (Lipinski definition) is 3. The number of methoxy groups -OCH3 is 1. The van der Waals surface area contributed by atoms with E-state index in [1.807, 2.05) is 0 Å². The molecule has 4 atom stereocenters. The Morgan fingerprint density at radius 1 is 0.976 bits per heavy atom. The minimum Gasteiger partial charge on any atom is -0.496 e. The van der Waals surface area contributed by atoms with Crippen molar-refractivity contribution in [3.63, 3.8) is 0 Å². The average Bonchev–Trinajstić information content (AvgIpc) is 3.56. The fourth-order valence-electron chi connectivity index (χ4n) is 6.66. The van der Waals surface area contributed by atoms with Gasteiger partial charge in [-0.15, -0.1) is 0 Å². The normalized spacial score (nSPS) is 26.5. The van der Waals surface area contributed by atoms with Crippen LogP contribution in [-0.4, -0.2) is 48.8 Å². The summed E-state index contributed by atoms with van der Waals surface area (Å²) < 4.78 is 55.7. The third-order valence-electron chi connectivity index (χ3n) is 8.66. The number of nitrogens with one attached hydrogen (secondary N) is 2.